The first-order valence-electron chi connectivity index (χ1n) is 4.33. The molecule has 14 heavy (non-hydrogen) atoms. The van der Waals surface area contributed by atoms with E-state index in [0.717, 1.165) is 24.8 Å². The molecule has 1 aliphatic rings. The van der Waals surface area contributed by atoms with Crippen LogP contribution in [0.5, 0.6) is 0 Å². The quantitative estimate of drug-likeness (QED) is 0.704. The maximum Gasteiger partial charge on any atom is 0.264 e. The highest BCUT2D eigenvalue weighted by atomic mass is 32.2. The van der Waals surface area contributed by atoms with Crippen LogP contribution in [-0.2, 0) is 20.9 Å². The van der Waals surface area contributed by atoms with Gasteiger partial charge in [-0.25, -0.2) is 4.98 Å². The Morgan fingerprint density at radius 2 is 2.36 bits per heavy atom. The molecule has 0 aromatic carbocycles. The predicted molar refractivity (Wildman–Crippen MR) is 48.1 cm³/mol. The Labute approximate surface area is 82.2 Å². The molecule has 0 unspecified atom stereocenters. The zero-order valence-electron chi connectivity index (χ0n) is 7.76. The Balaban J connectivity index is 1.96. The van der Waals surface area contributed by atoms with Crippen LogP contribution in [0.4, 0.5) is 0 Å². The Morgan fingerprint density at radius 3 is 2.93 bits per heavy atom. The summed E-state index contributed by atoms with van der Waals surface area (Å²) in [6.07, 6.45) is 4.84. The lowest BCUT2D eigenvalue weighted by Crippen LogP contribution is -2.02. The van der Waals surface area contributed by atoms with Crippen molar-refractivity contribution in [3.8, 4) is 0 Å². The third-order valence-electron chi connectivity index (χ3n) is 1.96. The minimum atomic E-state index is -3.42. The summed E-state index contributed by atoms with van der Waals surface area (Å²) in [4.78, 5) is 4.12. The zero-order valence-corrected chi connectivity index (χ0v) is 8.58. The van der Waals surface area contributed by atoms with Crippen molar-refractivity contribution < 1.29 is 17.0 Å². The van der Waals surface area contributed by atoms with Crippen LogP contribution in [0.25, 0.3) is 0 Å². The molecular weight excluding hydrogens is 206 g/mol. The van der Waals surface area contributed by atoms with E-state index < -0.39 is 10.1 Å². The molecule has 1 aromatic heterocycles. The molecule has 0 aliphatic heterocycles. The summed E-state index contributed by atoms with van der Waals surface area (Å²) in [5.41, 5.74) is 0.900. The highest BCUT2D eigenvalue weighted by molar-refractivity contribution is 7.85. The SMILES string of the molecule is CS(=O)(=O)OCc1nc(C2CC2)co1. The molecule has 1 fully saturated rings. The molecule has 78 valence electrons. The van der Waals surface area contributed by atoms with Crippen LogP contribution >= 0.6 is 0 Å². The van der Waals surface area contributed by atoms with Crippen molar-refractivity contribution >= 4 is 10.1 Å². The van der Waals surface area contributed by atoms with Gasteiger partial charge in [-0.05, 0) is 12.8 Å². The molecule has 0 bridgehead atoms. The van der Waals surface area contributed by atoms with Gasteiger partial charge >= 0.3 is 0 Å². The number of nitrogens with zero attached hydrogens (tertiary/aromatic N) is 1. The van der Waals surface area contributed by atoms with Gasteiger partial charge in [0.2, 0.25) is 5.89 Å². The third kappa shape index (κ3) is 2.55. The lowest BCUT2D eigenvalue weighted by molar-refractivity contribution is 0.270. The monoisotopic (exact) mass is 217 g/mol. The fraction of sp³-hybridized carbons (Fsp3) is 0.625. The first-order valence-corrected chi connectivity index (χ1v) is 6.15. The molecule has 1 heterocycles. The second-order valence-electron chi connectivity index (χ2n) is 3.41. The summed E-state index contributed by atoms with van der Waals surface area (Å²) in [6, 6.07) is 0. The Hall–Kier alpha value is -0.880. The smallest absolute Gasteiger partial charge is 0.264 e. The molecule has 2 rings (SSSR count). The van der Waals surface area contributed by atoms with Gasteiger partial charge < -0.3 is 4.42 Å². The van der Waals surface area contributed by atoms with Gasteiger partial charge in [0.1, 0.15) is 12.9 Å². The van der Waals surface area contributed by atoms with E-state index in [9.17, 15) is 8.42 Å². The summed E-state index contributed by atoms with van der Waals surface area (Å²) in [7, 11) is -3.42. The second-order valence-corrected chi connectivity index (χ2v) is 5.05. The second kappa shape index (κ2) is 3.36. The zero-order chi connectivity index (χ0) is 10.2. The van der Waals surface area contributed by atoms with Gasteiger partial charge in [-0.15, -0.1) is 0 Å². The number of hydrogen-bond donors (Lipinski definition) is 0. The van der Waals surface area contributed by atoms with E-state index in [1.807, 2.05) is 0 Å². The van der Waals surface area contributed by atoms with Crippen molar-refractivity contribution in [3.63, 3.8) is 0 Å². The highest BCUT2D eigenvalue weighted by Gasteiger charge is 2.26. The molecule has 1 aromatic rings. The van der Waals surface area contributed by atoms with Crippen molar-refractivity contribution in [1.82, 2.24) is 4.98 Å². The normalized spacial score (nSPS) is 17.2. The summed E-state index contributed by atoms with van der Waals surface area (Å²) < 4.78 is 30.9. The van der Waals surface area contributed by atoms with Crippen molar-refractivity contribution in [2.75, 3.05) is 6.26 Å². The van der Waals surface area contributed by atoms with E-state index in [-0.39, 0.29) is 6.61 Å². The van der Waals surface area contributed by atoms with Gasteiger partial charge in [-0.2, -0.15) is 8.42 Å². The van der Waals surface area contributed by atoms with Crippen LogP contribution in [0.15, 0.2) is 10.7 Å². The van der Waals surface area contributed by atoms with E-state index in [1.165, 1.54) is 0 Å². The van der Waals surface area contributed by atoms with Crippen molar-refractivity contribution in [3.05, 3.63) is 17.8 Å². The van der Waals surface area contributed by atoms with E-state index in [1.54, 1.807) is 6.26 Å². The fourth-order valence-electron chi connectivity index (χ4n) is 1.12. The van der Waals surface area contributed by atoms with Crippen LogP contribution in [0, 0.1) is 0 Å². The minimum Gasteiger partial charge on any atom is -0.446 e. The molecule has 0 radical (unpaired) electrons. The minimum absolute atomic E-state index is 0.119. The largest absolute Gasteiger partial charge is 0.446 e. The first kappa shape index (κ1) is 9.67. The molecule has 0 atom stereocenters. The standard InChI is InChI=1S/C8H11NO4S/c1-14(10,11)13-5-8-9-7(4-12-8)6-2-3-6/h4,6H,2-3,5H2,1H3. The van der Waals surface area contributed by atoms with Gasteiger partial charge in [0.05, 0.1) is 11.9 Å². The van der Waals surface area contributed by atoms with E-state index in [4.69, 9.17) is 4.42 Å². The number of aromatic nitrogens is 1. The van der Waals surface area contributed by atoms with Crippen molar-refractivity contribution in [1.29, 1.82) is 0 Å². The van der Waals surface area contributed by atoms with Crippen LogP contribution in [0.2, 0.25) is 0 Å². The molecule has 6 heteroatoms. The molecule has 0 N–H and O–H groups in total. The van der Waals surface area contributed by atoms with Gasteiger partial charge in [0, 0.05) is 5.92 Å². The van der Waals surface area contributed by atoms with Crippen molar-refractivity contribution in [2.24, 2.45) is 0 Å². The number of rotatable bonds is 4. The van der Waals surface area contributed by atoms with Crippen LogP contribution in [-0.4, -0.2) is 19.7 Å². The van der Waals surface area contributed by atoms with Gasteiger partial charge in [0.25, 0.3) is 10.1 Å². The summed E-state index contributed by atoms with van der Waals surface area (Å²) in [6.45, 7) is -0.119. The highest BCUT2D eigenvalue weighted by Crippen LogP contribution is 2.39. The predicted octanol–water partition coefficient (Wildman–Crippen LogP) is 1.03. The first-order chi connectivity index (χ1) is 6.54. The van der Waals surface area contributed by atoms with Crippen LogP contribution in [0.1, 0.15) is 30.3 Å². The third-order valence-corrected chi connectivity index (χ3v) is 2.51. The summed E-state index contributed by atoms with van der Waals surface area (Å²) >= 11 is 0. The average Bonchev–Trinajstić information content (AvgIpc) is 2.81. The maximum absolute atomic E-state index is 10.7. The number of oxazole rings is 1. The van der Waals surface area contributed by atoms with E-state index >= 15 is 0 Å². The van der Waals surface area contributed by atoms with Gasteiger partial charge in [-0.3, -0.25) is 4.18 Å². The van der Waals surface area contributed by atoms with Gasteiger partial charge in [-0.1, -0.05) is 0 Å². The summed E-state index contributed by atoms with van der Waals surface area (Å²) in [5.74, 6) is 0.822. The van der Waals surface area contributed by atoms with E-state index in [2.05, 4.69) is 9.17 Å². The molecule has 0 amide bonds. The van der Waals surface area contributed by atoms with Crippen LogP contribution in [0.3, 0.4) is 0 Å². The molecule has 0 spiro atoms. The summed E-state index contributed by atoms with van der Waals surface area (Å²) in [5, 5.41) is 0. The average molecular weight is 217 g/mol. The fourth-order valence-corrected chi connectivity index (χ4v) is 1.43. The molecule has 0 saturated heterocycles. The Kier molecular flexibility index (Phi) is 2.32. The maximum atomic E-state index is 10.7. The van der Waals surface area contributed by atoms with Crippen molar-refractivity contribution in [2.45, 2.75) is 25.4 Å². The van der Waals surface area contributed by atoms with Gasteiger partial charge in [0.15, 0.2) is 0 Å². The van der Waals surface area contributed by atoms with Crippen LogP contribution < -0.4 is 0 Å². The molecular formula is C8H11NO4S. The molecule has 1 aliphatic carbocycles. The Morgan fingerprint density at radius 1 is 1.64 bits per heavy atom. The lowest BCUT2D eigenvalue weighted by Gasteiger charge is -1.95. The molecule has 5 nitrogen and oxygen atoms in total. The Bertz CT molecular complexity index is 418. The topological polar surface area (TPSA) is 69.4 Å². The lowest BCUT2D eigenvalue weighted by atomic mass is 10.3. The number of hydrogen-bond acceptors (Lipinski definition) is 5. The molecule has 1 saturated carbocycles. The van der Waals surface area contributed by atoms with E-state index in [0.29, 0.717) is 11.8 Å².